The average molecular weight is 1020 g/mol. The standard InChI is InChI=1S/C67H114O6/c1-4-7-10-13-16-19-22-25-28-31-33-36-39-42-45-48-51-54-57-60-66(69)72-63-64(62-71-65(68)59-56-53-50-47-44-41-38-35-30-27-24-21-18-15-12-9-6-3)73-67(70)61-58-55-52-49-46-43-40-37-34-32-29-26-23-20-17-14-11-8-5-2/h16-21,25-30,33-34,36-37,64H,4-15,22-24,31-32,35,38-63H2,1-3H3/b19-16-,20-17-,21-18-,28-25-,29-26-,30-27-,36-33-,37-34-. The van der Waals surface area contributed by atoms with Gasteiger partial charge in [-0.1, -0.05) is 240 Å². The van der Waals surface area contributed by atoms with E-state index in [9.17, 15) is 14.4 Å². The highest BCUT2D eigenvalue weighted by molar-refractivity contribution is 5.71. The minimum atomic E-state index is -0.796. The Morgan fingerprint density at radius 2 is 0.493 bits per heavy atom. The highest BCUT2D eigenvalue weighted by Crippen LogP contribution is 2.15. The van der Waals surface area contributed by atoms with Gasteiger partial charge in [0.2, 0.25) is 0 Å². The number of carbonyl (C=O) groups is 3. The number of rotatable bonds is 55. The first-order valence-corrected chi connectivity index (χ1v) is 30.7. The summed E-state index contributed by atoms with van der Waals surface area (Å²) < 4.78 is 16.9. The van der Waals surface area contributed by atoms with E-state index in [4.69, 9.17) is 14.2 Å². The second kappa shape index (κ2) is 60.9. The zero-order valence-electron chi connectivity index (χ0n) is 47.9. The molecule has 0 aliphatic carbocycles. The summed E-state index contributed by atoms with van der Waals surface area (Å²) in [6.45, 7) is 6.55. The third kappa shape index (κ3) is 59.1. The van der Waals surface area contributed by atoms with Crippen LogP contribution in [-0.4, -0.2) is 37.2 Å². The van der Waals surface area contributed by atoms with Gasteiger partial charge >= 0.3 is 17.9 Å². The molecule has 0 saturated carbocycles. The maximum absolute atomic E-state index is 12.9. The number of hydrogen-bond acceptors (Lipinski definition) is 6. The first-order chi connectivity index (χ1) is 36.0. The Hall–Kier alpha value is -3.67. The molecule has 1 atom stereocenters. The average Bonchev–Trinajstić information content (AvgIpc) is 3.39. The zero-order chi connectivity index (χ0) is 52.9. The molecule has 0 aromatic heterocycles. The summed E-state index contributed by atoms with van der Waals surface area (Å²) in [5.74, 6) is -0.918. The van der Waals surface area contributed by atoms with Crippen LogP contribution in [-0.2, 0) is 28.6 Å². The molecule has 0 amide bonds. The van der Waals surface area contributed by atoms with Crippen molar-refractivity contribution in [2.75, 3.05) is 13.2 Å². The molecule has 0 saturated heterocycles. The van der Waals surface area contributed by atoms with Crippen molar-refractivity contribution < 1.29 is 28.6 Å². The normalized spacial score (nSPS) is 12.8. The highest BCUT2D eigenvalue weighted by Gasteiger charge is 2.19. The lowest BCUT2D eigenvalue weighted by Crippen LogP contribution is -2.30. The van der Waals surface area contributed by atoms with Crippen molar-refractivity contribution in [1.82, 2.24) is 0 Å². The molecule has 0 N–H and O–H groups in total. The van der Waals surface area contributed by atoms with E-state index in [2.05, 4.69) is 118 Å². The van der Waals surface area contributed by atoms with Crippen molar-refractivity contribution in [1.29, 1.82) is 0 Å². The van der Waals surface area contributed by atoms with Gasteiger partial charge in [-0.3, -0.25) is 14.4 Å². The Bertz CT molecular complexity index is 1440. The van der Waals surface area contributed by atoms with Gasteiger partial charge in [0.25, 0.3) is 0 Å². The van der Waals surface area contributed by atoms with Crippen LogP contribution in [0.5, 0.6) is 0 Å². The molecule has 6 nitrogen and oxygen atoms in total. The van der Waals surface area contributed by atoms with Gasteiger partial charge in [-0.15, -0.1) is 0 Å². The van der Waals surface area contributed by atoms with Crippen LogP contribution in [0.1, 0.15) is 290 Å². The van der Waals surface area contributed by atoms with Crippen LogP contribution in [0.25, 0.3) is 0 Å². The molecule has 0 aliphatic heterocycles. The molecule has 0 aromatic carbocycles. The first kappa shape index (κ1) is 69.3. The molecule has 0 rings (SSSR count). The SMILES string of the molecule is CCCCC/C=C\C/C=C\C/C=C\CCCCCCCCC(=O)OCC(COC(=O)CCCCCCCCC/C=C\C/C=C\CCCCC)OC(=O)CCCCCCCC/C=C\C/C=C\C/C=C\CCCCC. The predicted molar refractivity (Wildman–Crippen MR) is 316 cm³/mol. The predicted octanol–water partition coefficient (Wildman–Crippen LogP) is 20.9. The molecule has 0 aromatic rings. The van der Waals surface area contributed by atoms with Crippen LogP contribution < -0.4 is 0 Å². The van der Waals surface area contributed by atoms with Crippen LogP contribution in [0.4, 0.5) is 0 Å². The molecule has 0 aliphatic rings. The van der Waals surface area contributed by atoms with Crippen molar-refractivity contribution in [2.24, 2.45) is 0 Å². The van der Waals surface area contributed by atoms with E-state index < -0.39 is 6.10 Å². The Morgan fingerprint density at radius 1 is 0.274 bits per heavy atom. The Morgan fingerprint density at radius 3 is 0.767 bits per heavy atom. The number of hydrogen-bond donors (Lipinski definition) is 0. The van der Waals surface area contributed by atoms with Crippen LogP contribution >= 0.6 is 0 Å². The Kier molecular flexibility index (Phi) is 57.8. The largest absolute Gasteiger partial charge is 0.462 e. The minimum absolute atomic E-state index is 0.0917. The minimum Gasteiger partial charge on any atom is -0.462 e. The molecule has 6 heteroatoms. The van der Waals surface area contributed by atoms with Gasteiger partial charge in [-0.2, -0.15) is 0 Å². The number of ether oxygens (including phenoxy) is 3. The van der Waals surface area contributed by atoms with E-state index in [1.807, 2.05) is 0 Å². The smallest absolute Gasteiger partial charge is 0.306 e. The van der Waals surface area contributed by atoms with Gasteiger partial charge in [0.15, 0.2) is 6.10 Å². The van der Waals surface area contributed by atoms with Crippen molar-refractivity contribution >= 4 is 17.9 Å². The van der Waals surface area contributed by atoms with Crippen LogP contribution in [0.15, 0.2) is 97.2 Å². The van der Waals surface area contributed by atoms with Crippen LogP contribution in [0.2, 0.25) is 0 Å². The second-order valence-corrected chi connectivity index (χ2v) is 20.2. The summed E-state index contributed by atoms with van der Waals surface area (Å²) in [6.07, 6.45) is 81.0. The van der Waals surface area contributed by atoms with Gasteiger partial charge in [0.1, 0.15) is 13.2 Å². The molecule has 73 heavy (non-hydrogen) atoms. The number of carbonyl (C=O) groups excluding carboxylic acids is 3. The number of unbranched alkanes of at least 4 members (excludes halogenated alkanes) is 28. The monoisotopic (exact) mass is 1010 g/mol. The van der Waals surface area contributed by atoms with E-state index in [-0.39, 0.29) is 31.1 Å². The lowest BCUT2D eigenvalue weighted by atomic mass is 10.1. The topological polar surface area (TPSA) is 78.9 Å². The van der Waals surface area contributed by atoms with E-state index in [1.165, 1.54) is 135 Å². The molecule has 0 radical (unpaired) electrons. The maximum atomic E-state index is 12.9. The zero-order valence-corrected chi connectivity index (χ0v) is 47.9. The van der Waals surface area contributed by atoms with Gasteiger partial charge < -0.3 is 14.2 Å². The highest BCUT2D eigenvalue weighted by atomic mass is 16.6. The van der Waals surface area contributed by atoms with Crippen LogP contribution in [0.3, 0.4) is 0 Å². The summed E-state index contributed by atoms with van der Waals surface area (Å²) in [7, 11) is 0. The molecule has 0 heterocycles. The van der Waals surface area contributed by atoms with Crippen LogP contribution in [0, 0.1) is 0 Å². The lowest BCUT2D eigenvalue weighted by molar-refractivity contribution is -0.167. The summed E-state index contributed by atoms with van der Waals surface area (Å²) in [5, 5.41) is 0. The van der Waals surface area contributed by atoms with Crippen molar-refractivity contribution in [3.05, 3.63) is 97.2 Å². The molecule has 418 valence electrons. The van der Waals surface area contributed by atoms with Gasteiger partial charge in [0, 0.05) is 19.3 Å². The molecule has 1 unspecified atom stereocenters. The van der Waals surface area contributed by atoms with Crippen molar-refractivity contribution in [3.63, 3.8) is 0 Å². The summed E-state index contributed by atoms with van der Waals surface area (Å²) >= 11 is 0. The number of allylic oxidation sites excluding steroid dienone is 16. The van der Waals surface area contributed by atoms with Crippen molar-refractivity contribution in [2.45, 2.75) is 297 Å². The molecular weight excluding hydrogens is 901 g/mol. The third-order valence-corrected chi connectivity index (χ3v) is 13.0. The van der Waals surface area contributed by atoms with Crippen molar-refractivity contribution in [3.8, 4) is 0 Å². The Labute approximate surface area is 451 Å². The summed E-state index contributed by atoms with van der Waals surface area (Å²) in [6, 6.07) is 0. The van der Waals surface area contributed by atoms with Gasteiger partial charge in [-0.25, -0.2) is 0 Å². The van der Waals surface area contributed by atoms with E-state index >= 15 is 0 Å². The molecule has 0 fully saturated rings. The molecule has 0 spiro atoms. The van der Waals surface area contributed by atoms with Gasteiger partial charge in [0.05, 0.1) is 0 Å². The van der Waals surface area contributed by atoms with E-state index in [0.29, 0.717) is 19.3 Å². The Balaban J connectivity index is 4.46. The fourth-order valence-electron chi connectivity index (χ4n) is 8.37. The second-order valence-electron chi connectivity index (χ2n) is 20.2. The van der Waals surface area contributed by atoms with E-state index in [0.717, 1.165) is 116 Å². The molecular formula is C67H114O6. The summed E-state index contributed by atoms with van der Waals surface area (Å²) in [5.41, 5.74) is 0. The van der Waals surface area contributed by atoms with Gasteiger partial charge in [-0.05, 0) is 128 Å². The fraction of sp³-hybridized carbons (Fsp3) is 0.716. The lowest BCUT2D eigenvalue weighted by Gasteiger charge is -2.18. The van der Waals surface area contributed by atoms with E-state index in [1.54, 1.807) is 0 Å². The third-order valence-electron chi connectivity index (χ3n) is 13.0. The first-order valence-electron chi connectivity index (χ1n) is 30.7. The summed E-state index contributed by atoms with van der Waals surface area (Å²) in [4.78, 5) is 38.3. The number of esters is 3. The maximum Gasteiger partial charge on any atom is 0.306 e. The fourth-order valence-corrected chi connectivity index (χ4v) is 8.37. The quantitative estimate of drug-likeness (QED) is 0.0261. The molecule has 0 bridgehead atoms.